The number of hydrogen-bond acceptors (Lipinski definition) is 4. The number of phenolic OH excluding ortho intramolecular Hbond substituents is 1. The summed E-state index contributed by atoms with van der Waals surface area (Å²) in [5.41, 5.74) is 0. The lowest BCUT2D eigenvalue weighted by molar-refractivity contribution is 0.0110. The fraction of sp³-hybridized carbons (Fsp3) is 0.571. The molecule has 0 aliphatic carbocycles. The van der Waals surface area contributed by atoms with E-state index in [-0.39, 0.29) is 19.0 Å². The molecule has 2 N–H and O–H groups in total. The lowest BCUT2D eigenvalue weighted by Gasteiger charge is -2.12. The van der Waals surface area contributed by atoms with Gasteiger partial charge in [-0.1, -0.05) is 25.8 Å². The van der Waals surface area contributed by atoms with E-state index in [0.29, 0.717) is 12.4 Å². The first-order valence-electron chi connectivity index (χ1n) is 6.40. The van der Waals surface area contributed by atoms with Gasteiger partial charge in [0.05, 0.1) is 6.61 Å². The normalized spacial score (nSPS) is 12.3. The minimum Gasteiger partial charge on any atom is -0.508 e. The monoisotopic (exact) mass is 254 g/mol. The number of unbranched alkanes of at least 4 members (excludes halogenated alkanes) is 2. The van der Waals surface area contributed by atoms with Gasteiger partial charge in [-0.25, -0.2) is 0 Å². The third kappa shape index (κ3) is 6.47. The summed E-state index contributed by atoms with van der Waals surface area (Å²) in [6.45, 7) is 3.26. The van der Waals surface area contributed by atoms with Crippen molar-refractivity contribution in [2.75, 3.05) is 19.8 Å². The molecule has 4 heteroatoms. The zero-order valence-electron chi connectivity index (χ0n) is 10.8. The highest BCUT2D eigenvalue weighted by Gasteiger charge is 2.05. The van der Waals surface area contributed by atoms with Gasteiger partial charge in [0.1, 0.15) is 24.2 Å². The van der Waals surface area contributed by atoms with Crippen molar-refractivity contribution >= 4 is 0 Å². The number of aromatic hydroxyl groups is 1. The Kier molecular flexibility index (Phi) is 7.22. The molecule has 0 bridgehead atoms. The van der Waals surface area contributed by atoms with E-state index in [1.165, 1.54) is 6.07 Å². The molecule has 18 heavy (non-hydrogen) atoms. The Morgan fingerprint density at radius 3 is 2.78 bits per heavy atom. The number of aliphatic hydroxyl groups excluding tert-OH is 1. The van der Waals surface area contributed by atoms with Gasteiger partial charge in [0.15, 0.2) is 0 Å². The van der Waals surface area contributed by atoms with E-state index < -0.39 is 6.10 Å². The molecule has 0 heterocycles. The number of phenols is 1. The predicted octanol–water partition coefficient (Wildman–Crippen LogP) is 2.34. The molecule has 0 radical (unpaired) electrons. The van der Waals surface area contributed by atoms with E-state index in [9.17, 15) is 10.2 Å². The first kappa shape index (κ1) is 14.8. The smallest absolute Gasteiger partial charge is 0.123 e. The molecular formula is C14H22O4. The van der Waals surface area contributed by atoms with E-state index in [4.69, 9.17) is 9.47 Å². The number of benzene rings is 1. The van der Waals surface area contributed by atoms with Gasteiger partial charge in [-0.2, -0.15) is 0 Å². The summed E-state index contributed by atoms with van der Waals surface area (Å²) >= 11 is 0. The van der Waals surface area contributed by atoms with Gasteiger partial charge in [-0.3, -0.25) is 0 Å². The van der Waals surface area contributed by atoms with Crippen molar-refractivity contribution in [2.45, 2.75) is 32.3 Å². The van der Waals surface area contributed by atoms with Gasteiger partial charge in [0, 0.05) is 12.7 Å². The Morgan fingerprint density at radius 2 is 2.06 bits per heavy atom. The zero-order chi connectivity index (χ0) is 13.2. The van der Waals surface area contributed by atoms with Crippen molar-refractivity contribution in [3.05, 3.63) is 24.3 Å². The lowest BCUT2D eigenvalue weighted by Crippen LogP contribution is -2.23. The van der Waals surface area contributed by atoms with Crippen LogP contribution in [0.2, 0.25) is 0 Å². The number of rotatable bonds is 9. The van der Waals surface area contributed by atoms with Crippen LogP contribution in [0.25, 0.3) is 0 Å². The summed E-state index contributed by atoms with van der Waals surface area (Å²) in [5.74, 6) is 0.692. The van der Waals surface area contributed by atoms with Crippen LogP contribution in [0.3, 0.4) is 0 Å². The molecule has 0 amide bonds. The van der Waals surface area contributed by atoms with Crippen molar-refractivity contribution in [1.82, 2.24) is 0 Å². The third-order valence-corrected chi connectivity index (χ3v) is 2.46. The zero-order valence-corrected chi connectivity index (χ0v) is 10.8. The van der Waals surface area contributed by atoms with Crippen molar-refractivity contribution < 1.29 is 19.7 Å². The summed E-state index contributed by atoms with van der Waals surface area (Å²) < 4.78 is 10.7. The van der Waals surface area contributed by atoms with Crippen LogP contribution < -0.4 is 4.74 Å². The second-order valence-electron chi connectivity index (χ2n) is 4.24. The SMILES string of the molecule is CCCCCOCC(O)COc1cccc(O)c1. The number of aliphatic hydroxyl groups is 1. The van der Waals surface area contributed by atoms with Gasteiger partial charge in [-0.05, 0) is 18.6 Å². The van der Waals surface area contributed by atoms with E-state index in [2.05, 4.69) is 6.92 Å². The summed E-state index contributed by atoms with van der Waals surface area (Å²) in [6, 6.07) is 6.50. The van der Waals surface area contributed by atoms with Crippen LogP contribution in [0.1, 0.15) is 26.2 Å². The van der Waals surface area contributed by atoms with Crippen LogP contribution >= 0.6 is 0 Å². The highest BCUT2D eigenvalue weighted by atomic mass is 16.5. The quantitative estimate of drug-likeness (QED) is 0.664. The van der Waals surface area contributed by atoms with Crippen molar-refractivity contribution in [1.29, 1.82) is 0 Å². The fourth-order valence-electron chi connectivity index (χ4n) is 1.49. The maximum Gasteiger partial charge on any atom is 0.123 e. The molecule has 1 aromatic rings. The van der Waals surface area contributed by atoms with Gasteiger partial charge in [0.25, 0.3) is 0 Å². The fourth-order valence-corrected chi connectivity index (χ4v) is 1.49. The molecule has 0 aliphatic heterocycles. The summed E-state index contributed by atoms with van der Waals surface area (Å²) in [4.78, 5) is 0. The molecule has 1 atom stereocenters. The van der Waals surface area contributed by atoms with E-state index in [1.54, 1.807) is 18.2 Å². The molecule has 4 nitrogen and oxygen atoms in total. The van der Waals surface area contributed by atoms with Crippen molar-refractivity contribution in [2.24, 2.45) is 0 Å². The number of ether oxygens (including phenoxy) is 2. The molecule has 0 saturated carbocycles. The first-order valence-corrected chi connectivity index (χ1v) is 6.40. The Labute approximate surface area is 108 Å². The molecule has 1 rings (SSSR count). The molecule has 0 aromatic heterocycles. The summed E-state index contributed by atoms with van der Waals surface area (Å²) in [7, 11) is 0. The Hall–Kier alpha value is -1.26. The Morgan fingerprint density at radius 1 is 1.22 bits per heavy atom. The number of hydrogen-bond donors (Lipinski definition) is 2. The van der Waals surface area contributed by atoms with Crippen LogP contribution in [0.15, 0.2) is 24.3 Å². The standard InChI is InChI=1S/C14H22O4/c1-2-3-4-8-17-10-13(16)11-18-14-7-5-6-12(15)9-14/h5-7,9,13,15-16H,2-4,8,10-11H2,1H3. The highest BCUT2D eigenvalue weighted by molar-refractivity contribution is 5.31. The van der Waals surface area contributed by atoms with Crippen LogP contribution in [0, 0.1) is 0 Å². The summed E-state index contributed by atoms with van der Waals surface area (Å²) in [6.07, 6.45) is 2.69. The third-order valence-electron chi connectivity index (χ3n) is 2.46. The van der Waals surface area contributed by atoms with Gasteiger partial charge in [-0.15, -0.1) is 0 Å². The second kappa shape index (κ2) is 8.78. The van der Waals surface area contributed by atoms with Gasteiger partial charge in [0.2, 0.25) is 0 Å². The van der Waals surface area contributed by atoms with E-state index in [0.717, 1.165) is 19.3 Å². The average molecular weight is 254 g/mol. The van der Waals surface area contributed by atoms with E-state index in [1.807, 2.05) is 0 Å². The highest BCUT2D eigenvalue weighted by Crippen LogP contribution is 2.17. The molecule has 0 fully saturated rings. The van der Waals surface area contributed by atoms with Crippen LogP contribution in [0.5, 0.6) is 11.5 Å². The maximum atomic E-state index is 9.62. The average Bonchev–Trinajstić information content (AvgIpc) is 2.36. The topological polar surface area (TPSA) is 58.9 Å². The van der Waals surface area contributed by atoms with Crippen molar-refractivity contribution in [3.63, 3.8) is 0 Å². The maximum absolute atomic E-state index is 9.62. The Bertz CT molecular complexity index is 327. The lowest BCUT2D eigenvalue weighted by atomic mass is 10.3. The molecule has 1 unspecified atom stereocenters. The molecule has 0 spiro atoms. The second-order valence-corrected chi connectivity index (χ2v) is 4.24. The minimum atomic E-state index is -0.644. The molecule has 0 aliphatic rings. The first-order chi connectivity index (χ1) is 8.72. The molecule has 1 aromatic carbocycles. The molecule has 102 valence electrons. The van der Waals surface area contributed by atoms with Crippen LogP contribution in [-0.4, -0.2) is 36.1 Å². The van der Waals surface area contributed by atoms with Crippen molar-refractivity contribution in [3.8, 4) is 11.5 Å². The summed E-state index contributed by atoms with van der Waals surface area (Å²) in [5, 5.41) is 18.9. The van der Waals surface area contributed by atoms with Crippen LogP contribution in [0.4, 0.5) is 0 Å². The van der Waals surface area contributed by atoms with Gasteiger partial charge < -0.3 is 19.7 Å². The Balaban J connectivity index is 2.11. The van der Waals surface area contributed by atoms with E-state index >= 15 is 0 Å². The predicted molar refractivity (Wildman–Crippen MR) is 70.0 cm³/mol. The minimum absolute atomic E-state index is 0.151. The molecule has 0 saturated heterocycles. The van der Waals surface area contributed by atoms with Crippen LogP contribution in [-0.2, 0) is 4.74 Å². The largest absolute Gasteiger partial charge is 0.508 e. The van der Waals surface area contributed by atoms with Gasteiger partial charge >= 0.3 is 0 Å². The molecular weight excluding hydrogens is 232 g/mol.